The molecule has 0 aliphatic rings. The summed E-state index contributed by atoms with van der Waals surface area (Å²) >= 11 is 0.387. The quantitative estimate of drug-likeness (QED) is 0.760. The maximum atomic E-state index is 12.1. The number of nitrogens with one attached hydrogen (secondary N) is 1. The molecule has 0 saturated carbocycles. The van der Waals surface area contributed by atoms with Gasteiger partial charge in [0.15, 0.2) is 0 Å². The number of carboxylic acid groups (broad SMARTS) is 1. The van der Waals surface area contributed by atoms with Crippen molar-refractivity contribution in [1.29, 1.82) is 0 Å². The lowest BCUT2D eigenvalue weighted by molar-refractivity contribution is -0.139. The molecule has 4 nitrogen and oxygen atoms in total. The summed E-state index contributed by atoms with van der Waals surface area (Å²) in [7, 11) is 0. The number of thioether (sulfide) groups is 1. The lowest BCUT2D eigenvalue weighted by Gasteiger charge is -2.13. The number of halogens is 2. The molecule has 0 spiro atoms. The normalized spacial score (nSPS) is 12.2. The Kier molecular flexibility index (Phi) is 6.44. The zero-order valence-corrected chi connectivity index (χ0v) is 11.6. The molecule has 0 heterocycles. The second kappa shape index (κ2) is 7.84. The molecule has 1 atom stereocenters. The van der Waals surface area contributed by atoms with E-state index in [0.717, 1.165) is 0 Å². The van der Waals surface area contributed by atoms with E-state index in [9.17, 15) is 18.4 Å². The third-order valence-electron chi connectivity index (χ3n) is 2.52. The molecule has 0 aliphatic carbocycles. The van der Waals surface area contributed by atoms with Crippen LogP contribution in [0, 0.1) is 0 Å². The molecule has 0 saturated heterocycles. The van der Waals surface area contributed by atoms with Crippen molar-refractivity contribution in [2.75, 3.05) is 0 Å². The van der Waals surface area contributed by atoms with Gasteiger partial charge in [-0.2, -0.15) is 8.78 Å². The van der Waals surface area contributed by atoms with Gasteiger partial charge in [-0.3, -0.25) is 4.79 Å². The summed E-state index contributed by atoms with van der Waals surface area (Å²) in [5.41, 5.74) is 0.242. The molecule has 0 radical (unpaired) electrons. The van der Waals surface area contributed by atoms with E-state index in [1.165, 1.54) is 24.3 Å². The average Bonchev–Trinajstić information content (AvgIpc) is 2.38. The van der Waals surface area contributed by atoms with Crippen LogP contribution in [0.2, 0.25) is 0 Å². The summed E-state index contributed by atoms with van der Waals surface area (Å²) in [4.78, 5) is 23.1. The number of alkyl halides is 2. The van der Waals surface area contributed by atoms with Gasteiger partial charge in [-0.15, -0.1) is 0 Å². The lowest BCUT2D eigenvalue weighted by atomic mass is 10.1. The second-order valence-corrected chi connectivity index (χ2v) is 5.12. The molecule has 1 unspecified atom stereocenters. The number of hydrogen-bond donors (Lipinski definition) is 2. The number of aliphatic carboxylic acids is 1. The van der Waals surface area contributed by atoms with Gasteiger partial charge in [0.1, 0.15) is 6.04 Å². The van der Waals surface area contributed by atoms with Crippen LogP contribution >= 0.6 is 11.8 Å². The summed E-state index contributed by atoms with van der Waals surface area (Å²) in [5.74, 6) is -4.14. The van der Waals surface area contributed by atoms with Crippen LogP contribution in [-0.4, -0.2) is 28.8 Å². The Balaban J connectivity index is 2.69. The van der Waals surface area contributed by atoms with Gasteiger partial charge in [0.05, 0.1) is 0 Å². The predicted octanol–water partition coefficient (Wildman–Crippen LogP) is 2.98. The largest absolute Gasteiger partial charge is 0.480 e. The van der Waals surface area contributed by atoms with Gasteiger partial charge in [-0.05, 0) is 30.7 Å². The van der Waals surface area contributed by atoms with Gasteiger partial charge in [-0.25, -0.2) is 4.79 Å². The van der Waals surface area contributed by atoms with Crippen LogP contribution in [-0.2, 0) is 4.79 Å². The molecule has 0 bridgehead atoms. The van der Waals surface area contributed by atoms with Gasteiger partial charge in [0.25, 0.3) is 11.7 Å². The Bertz CT molecular complexity index is 465. The number of rotatable bonds is 7. The Morgan fingerprint density at radius 3 is 2.35 bits per heavy atom. The number of amides is 1. The first kappa shape index (κ1) is 16.4. The van der Waals surface area contributed by atoms with Gasteiger partial charge < -0.3 is 10.4 Å². The van der Waals surface area contributed by atoms with Crippen LogP contribution in [0.1, 0.15) is 30.1 Å². The summed E-state index contributed by atoms with van der Waals surface area (Å²) < 4.78 is 24.3. The summed E-state index contributed by atoms with van der Waals surface area (Å²) in [5, 5.41) is 11.3. The molecule has 0 aromatic heterocycles. The van der Waals surface area contributed by atoms with E-state index >= 15 is 0 Å². The van der Waals surface area contributed by atoms with Crippen molar-refractivity contribution in [3.05, 3.63) is 29.8 Å². The third-order valence-corrected chi connectivity index (χ3v) is 3.24. The molecule has 20 heavy (non-hydrogen) atoms. The van der Waals surface area contributed by atoms with Gasteiger partial charge in [0.2, 0.25) is 0 Å². The molecule has 7 heteroatoms. The first-order valence-electron chi connectivity index (χ1n) is 6.02. The van der Waals surface area contributed by atoms with Gasteiger partial charge in [-0.1, -0.05) is 25.1 Å². The highest BCUT2D eigenvalue weighted by atomic mass is 32.2. The average molecular weight is 303 g/mol. The minimum absolute atomic E-state index is 0.242. The third kappa shape index (κ3) is 5.16. The monoisotopic (exact) mass is 303 g/mol. The number of carbonyl (C=O) groups is 2. The van der Waals surface area contributed by atoms with Crippen LogP contribution in [0.15, 0.2) is 29.2 Å². The maximum absolute atomic E-state index is 12.1. The molecule has 0 aliphatic heterocycles. The van der Waals surface area contributed by atoms with Crippen LogP contribution in [0.3, 0.4) is 0 Å². The molecular formula is C13H15F2NO3S. The van der Waals surface area contributed by atoms with Crippen molar-refractivity contribution in [3.8, 4) is 0 Å². The van der Waals surface area contributed by atoms with Crippen molar-refractivity contribution in [1.82, 2.24) is 5.32 Å². The van der Waals surface area contributed by atoms with Gasteiger partial charge in [0, 0.05) is 10.5 Å². The van der Waals surface area contributed by atoms with Crippen molar-refractivity contribution < 1.29 is 23.5 Å². The number of benzene rings is 1. The van der Waals surface area contributed by atoms with Crippen molar-refractivity contribution >= 4 is 23.6 Å². The fourth-order valence-corrected chi connectivity index (χ4v) is 2.07. The van der Waals surface area contributed by atoms with Crippen molar-refractivity contribution in [2.45, 2.75) is 36.5 Å². The standard InChI is InChI=1S/C13H15F2NO3S/c1-2-3-10(12(18)19)16-11(17)8-4-6-9(7-5-8)20-13(14)15/h4-7,10,13H,2-3H2,1H3,(H,16,17)(H,18,19). The Hall–Kier alpha value is -1.63. The Morgan fingerprint density at radius 2 is 1.90 bits per heavy atom. The zero-order chi connectivity index (χ0) is 15.1. The van der Waals surface area contributed by atoms with Crippen LogP contribution < -0.4 is 5.32 Å². The van der Waals surface area contributed by atoms with E-state index in [1.807, 2.05) is 6.92 Å². The fraction of sp³-hybridized carbons (Fsp3) is 0.385. The van der Waals surface area contributed by atoms with E-state index in [-0.39, 0.29) is 5.56 Å². The molecule has 2 N–H and O–H groups in total. The number of carboxylic acids is 1. The van der Waals surface area contributed by atoms with E-state index < -0.39 is 23.7 Å². The van der Waals surface area contributed by atoms with Crippen LogP contribution in [0.5, 0.6) is 0 Å². The predicted molar refractivity (Wildman–Crippen MR) is 72.1 cm³/mol. The molecule has 1 aromatic rings. The van der Waals surface area contributed by atoms with E-state index in [4.69, 9.17) is 5.11 Å². The zero-order valence-electron chi connectivity index (χ0n) is 10.8. The molecule has 0 fully saturated rings. The smallest absolute Gasteiger partial charge is 0.326 e. The topological polar surface area (TPSA) is 66.4 Å². The Labute approximate surface area is 119 Å². The number of hydrogen-bond acceptors (Lipinski definition) is 3. The minimum Gasteiger partial charge on any atom is -0.480 e. The summed E-state index contributed by atoms with van der Waals surface area (Å²) in [6.07, 6.45) is 0.960. The SMILES string of the molecule is CCCC(NC(=O)c1ccc(SC(F)F)cc1)C(=O)O. The van der Waals surface area contributed by atoms with E-state index in [1.54, 1.807) is 0 Å². The van der Waals surface area contributed by atoms with Crippen LogP contribution in [0.4, 0.5) is 8.78 Å². The molecule has 1 amide bonds. The number of carbonyl (C=O) groups excluding carboxylic acids is 1. The molecule has 110 valence electrons. The highest BCUT2D eigenvalue weighted by molar-refractivity contribution is 7.99. The lowest BCUT2D eigenvalue weighted by Crippen LogP contribution is -2.40. The van der Waals surface area contributed by atoms with Crippen molar-refractivity contribution in [2.24, 2.45) is 0 Å². The minimum atomic E-state index is -2.52. The van der Waals surface area contributed by atoms with Crippen molar-refractivity contribution in [3.63, 3.8) is 0 Å². The first-order valence-corrected chi connectivity index (χ1v) is 6.90. The maximum Gasteiger partial charge on any atom is 0.326 e. The molecule has 1 rings (SSSR count). The van der Waals surface area contributed by atoms with Gasteiger partial charge >= 0.3 is 5.97 Å². The van der Waals surface area contributed by atoms with E-state index in [0.29, 0.717) is 29.5 Å². The highest BCUT2D eigenvalue weighted by Crippen LogP contribution is 2.25. The molecule has 1 aromatic carbocycles. The first-order chi connectivity index (χ1) is 9.43. The highest BCUT2D eigenvalue weighted by Gasteiger charge is 2.19. The van der Waals surface area contributed by atoms with Crippen LogP contribution in [0.25, 0.3) is 0 Å². The fourth-order valence-electron chi connectivity index (χ4n) is 1.58. The van der Waals surface area contributed by atoms with E-state index in [2.05, 4.69) is 5.32 Å². The summed E-state index contributed by atoms with van der Waals surface area (Å²) in [6.45, 7) is 1.82. The second-order valence-electron chi connectivity index (χ2n) is 4.06. The molecular weight excluding hydrogens is 288 g/mol. The Morgan fingerprint density at radius 1 is 1.30 bits per heavy atom. The summed E-state index contributed by atoms with van der Waals surface area (Å²) in [6, 6.07) is 4.65.